The Balaban J connectivity index is 2.80. The summed E-state index contributed by atoms with van der Waals surface area (Å²) in [5.74, 6) is -0.126. The molecule has 2 aromatic rings. The van der Waals surface area contributed by atoms with Crippen LogP contribution in [0.5, 0.6) is 5.75 Å². The van der Waals surface area contributed by atoms with Crippen molar-refractivity contribution in [1.29, 1.82) is 5.26 Å². The van der Waals surface area contributed by atoms with E-state index in [4.69, 9.17) is 9.68 Å². The number of phenols is 1. The highest BCUT2D eigenvalue weighted by Gasteiger charge is 2.08. The molecule has 0 aliphatic rings. The van der Waals surface area contributed by atoms with Crippen molar-refractivity contribution in [3.05, 3.63) is 46.3 Å². The Kier molecular flexibility index (Phi) is 2.44. The molecule has 0 atom stereocenters. The third-order valence-electron chi connectivity index (χ3n) is 2.14. The molecular formula is C12H7NO3. The van der Waals surface area contributed by atoms with E-state index in [2.05, 4.69) is 0 Å². The predicted molar refractivity (Wildman–Crippen MR) is 58.8 cm³/mol. The third kappa shape index (κ3) is 1.55. The molecule has 4 heteroatoms. The highest BCUT2D eigenvalue weighted by molar-refractivity contribution is 5.84. The second-order valence-electron chi connectivity index (χ2n) is 3.13. The monoisotopic (exact) mass is 213 g/mol. The molecule has 0 aliphatic carbocycles. The number of allylic oxidation sites excluding steroid dienone is 1. The average Bonchev–Trinajstić information content (AvgIpc) is 2.28. The summed E-state index contributed by atoms with van der Waals surface area (Å²) in [4.78, 5) is 11.9. The maximum atomic E-state index is 11.9. The van der Waals surface area contributed by atoms with Crippen LogP contribution in [0.2, 0.25) is 0 Å². The summed E-state index contributed by atoms with van der Waals surface area (Å²) >= 11 is 0. The van der Waals surface area contributed by atoms with E-state index in [1.165, 1.54) is 24.5 Å². The molecule has 16 heavy (non-hydrogen) atoms. The maximum absolute atomic E-state index is 11.9. The van der Waals surface area contributed by atoms with Crippen molar-refractivity contribution in [3.63, 3.8) is 0 Å². The Hall–Kier alpha value is -2.54. The third-order valence-corrected chi connectivity index (χ3v) is 2.14. The minimum Gasteiger partial charge on any atom is -0.507 e. The minimum atomic E-state index is -0.356. The molecular weight excluding hydrogens is 206 g/mol. The number of benzene rings is 1. The summed E-state index contributed by atoms with van der Waals surface area (Å²) in [5, 5.41) is 18.0. The Morgan fingerprint density at radius 3 is 3.00 bits per heavy atom. The summed E-state index contributed by atoms with van der Waals surface area (Å²) in [5.41, 5.74) is 0.195. The zero-order valence-corrected chi connectivity index (χ0v) is 8.18. The number of nitriles is 1. The second-order valence-corrected chi connectivity index (χ2v) is 3.13. The van der Waals surface area contributed by atoms with Gasteiger partial charge in [0.25, 0.3) is 0 Å². The van der Waals surface area contributed by atoms with Crippen LogP contribution in [-0.4, -0.2) is 5.11 Å². The van der Waals surface area contributed by atoms with Gasteiger partial charge in [-0.1, -0.05) is 6.07 Å². The van der Waals surface area contributed by atoms with Crippen LogP contribution in [0, 0.1) is 11.3 Å². The van der Waals surface area contributed by atoms with E-state index in [0.717, 1.165) is 0 Å². The molecule has 1 aromatic carbocycles. The number of rotatable bonds is 1. The Morgan fingerprint density at radius 1 is 1.44 bits per heavy atom. The minimum absolute atomic E-state index is 0.126. The lowest BCUT2D eigenvalue weighted by Gasteiger charge is -1.99. The van der Waals surface area contributed by atoms with Gasteiger partial charge in [-0.2, -0.15) is 5.26 Å². The van der Waals surface area contributed by atoms with Gasteiger partial charge in [0, 0.05) is 6.08 Å². The van der Waals surface area contributed by atoms with Crippen molar-refractivity contribution in [2.45, 2.75) is 0 Å². The molecule has 1 heterocycles. The summed E-state index contributed by atoms with van der Waals surface area (Å²) in [6.07, 6.45) is 3.79. The van der Waals surface area contributed by atoms with Crippen LogP contribution in [-0.2, 0) is 0 Å². The lowest BCUT2D eigenvalue weighted by Crippen LogP contribution is -2.04. The fourth-order valence-electron chi connectivity index (χ4n) is 1.41. The number of hydrogen-bond acceptors (Lipinski definition) is 4. The molecule has 0 unspecified atom stereocenters. The Bertz CT molecular complexity index is 662. The standard InChI is InChI=1S/C12H7NO3/c13-6-2-3-8-7-16-10-5-1-4-9(14)11(10)12(8)15/h1-5,7,14H. The zero-order chi connectivity index (χ0) is 11.5. The normalized spacial score (nSPS) is 10.7. The Morgan fingerprint density at radius 2 is 2.25 bits per heavy atom. The smallest absolute Gasteiger partial charge is 0.203 e. The van der Waals surface area contributed by atoms with Crippen LogP contribution in [0.3, 0.4) is 0 Å². The molecule has 2 rings (SSSR count). The summed E-state index contributed by atoms with van der Waals surface area (Å²) in [7, 11) is 0. The highest BCUT2D eigenvalue weighted by atomic mass is 16.3. The summed E-state index contributed by atoms with van der Waals surface area (Å²) < 4.78 is 5.18. The molecule has 1 N–H and O–H groups in total. The van der Waals surface area contributed by atoms with Gasteiger partial charge in [-0.15, -0.1) is 0 Å². The molecule has 0 bridgehead atoms. The number of hydrogen-bond donors (Lipinski definition) is 1. The molecule has 0 fully saturated rings. The molecule has 4 nitrogen and oxygen atoms in total. The fraction of sp³-hybridized carbons (Fsp3) is 0. The van der Waals surface area contributed by atoms with E-state index in [9.17, 15) is 9.90 Å². The molecule has 78 valence electrons. The van der Waals surface area contributed by atoms with Crippen molar-refractivity contribution in [2.75, 3.05) is 0 Å². The molecule has 0 aliphatic heterocycles. The van der Waals surface area contributed by atoms with Crippen LogP contribution in [0.25, 0.3) is 17.0 Å². The number of phenolic OH excluding ortho intramolecular Hbond substituents is 1. The number of nitrogens with zero attached hydrogens (tertiary/aromatic N) is 1. The van der Waals surface area contributed by atoms with Crippen molar-refractivity contribution >= 4 is 17.0 Å². The first-order valence-electron chi connectivity index (χ1n) is 4.53. The van der Waals surface area contributed by atoms with E-state index in [0.29, 0.717) is 5.58 Å². The first kappa shape index (κ1) is 9.99. The quantitative estimate of drug-likeness (QED) is 0.735. The van der Waals surface area contributed by atoms with Crippen LogP contribution in [0.1, 0.15) is 5.56 Å². The van der Waals surface area contributed by atoms with Gasteiger partial charge in [-0.3, -0.25) is 4.79 Å². The van der Waals surface area contributed by atoms with Crippen molar-refractivity contribution in [2.24, 2.45) is 0 Å². The van der Waals surface area contributed by atoms with Crippen LogP contribution < -0.4 is 5.43 Å². The first-order valence-corrected chi connectivity index (χ1v) is 4.53. The van der Waals surface area contributed by atoms with Crippen molar-refractivity contribution < 1.29 is 9.52 Å². The largest absolute Gasteiger partial charge is 0.507 e. The lowest BCUT2D eigenvalue weighted by atomic mass is 10.1. The second kappa shape index (κ2) is 3.91. The van der Waals surface area contributed by atoms with Gasteiger partial charge in [-0.25, -0.2) is 0 Å². The van der Waals surface area contributed by atoms with E-state index >= 15 is 0 Å². The SMILES string of the molecule is N#CC=Cc1coc2cccc(O)c2c1=O. The molecule has 0 saturated heterocycles. The van der Waals surface area contributed by atoms with Crippen LogP contribution >= 0.6 is 0 Å². The van der Waals surface area contributed by atoms with Gasteiger partial charge in [-0.05, 0) is 18.2 Å². The van der Waals surface area contributed by atoms with Crippen molar-refractivity contribution in [1.82, 2.24) is 0 Å². The molecule has 1 aromatic heterocycles. The average molecular weight is 213 g/mol. The van der Waals surface area contributed by atoms with Gasteiger partial charge in [0.15, 0.2) is 0 Å². The summed E-state index contributed by atoms with van der Waals surface area (Å²) in [6.45, 7) is 0. The van der Waals surface area contributed by atoms with E-state index < -0.39 is 0 Å². The van der Waals surface area contributed by atoms with Gasteiger partial charge < -0.3 is 9.52 Å². The van der Waals surface area contributed by atoms with Gasteiger partial charge >= 0.3 is 0 Å². The van der Waals surface area contributed by atoms with Gasteiger partial charge in [0.05, 0.1) is 11.6 Å². The molecule has 0 amide bonds. The van der Waals surface area contributed by atoms with Crippen LogP contribution in [0.15, 0.2) is 39.7 Å². The topological polar surface area (TPSA) is 74.2 Å². The molecule has 0 spiro atoms. The Labute approximate surface area is 90.7 Å². The van der Waals surface area contributed by atoms with Crippen LogP contribution in [0.4, 0.5) is 0 Å². The van der Waals surface area contributed by atoms with Crippen molar-refractivity contribution in [3.8, 4) is 11.8 Å². The van der Waals surface area contributed by atoms with E-state index in [1.54, 1.807) is 18.2 Å². The molecule has 0 radical (unpaired) electrons. The number of fused-ring (bicyclic) bond motifs is 1. The van der Waals surface area contributed by atoms with Gasteiger partial charge in [0.1, 0.15) is 23.0 Å². The fourth-order valence-corrected chi connectivity index (χ4v) is 1.41. The number of aromatic hydroxyl groups is 1. The lowest BCUT2D eigenvalue weighted by molar-refractivity contribution is 0.479. The highest BCUT2D eigenvalue weighted by Crippen LogP contribution is 2.21. The predicted octanol–water partition coefficient (Wildman–Crippen LogP) is 2.04. The maximum Gasteiger partial charge on any atom is 0.203 e. The summed E-state index contributed by atoms with van der Waals surface area (Å²) in [6, 6.07) is 6.38. The zero-order valence-electron chi connectivity index (χ0n) is 8.18. The first-order chi connectivity index (χ1) is 7.74. The van der Waals surface area contributed by atoms with E-state index in [-0.39, 0.29) is 22.1 Å². The van der Waals surface area contributed by atoms with E-state index in [1.807, 2.05) is 0 Å². The van der Waals surface area contributed by atoms with Gasteiger partial charge in [0.2, 0.25) is 5.43 Å². The molecule has 0 saturated carbocycles.